The van der Waals surface area contributed by atoms with Crippen LogP contribution in [0.4, 0.5) is 0 Å². The van der Waals surface area contributed by atoms with Crippen LogP contribution in [-0.4, -0.2) is 17.1 Å². The van der Waals surface area contributed by atoms with Crippen LogP contribution in [0.15, 0.2) is 57.7 Å². The maximum atomic E-state index is 12.5. The monoisotopic (exact) mass is 337 g/mol. The number of aromatic nitrogens is 1. The summed E-state index contributed by atoms with van der Waals surface area (Å²) in [6, 6.07) is 15.3. The lowest BCUT2D eigenvalue weighted by Gasteiger charge is -2.23. The van der Waals surface area contributed by atoms with E-state index in [4.69, 9.17) is 9.15 Å². The molecule has 0 bridgehead atoms. The Hall–Kier alpha value is -2.82. The summed E-state index contributed by atoms with van der Waals surface area (Å²) in [6.45, 7) is 0.441. The Morgan fingerprint density at radius 2 is 1.96 bits per heavy atom. The number of ether oxygens (including phenoxy) is 1. The van der Waals surface area contributed by atoms with Gasteiger partial charge >= 0.3 is 11.7 Å². The molecule has 1 aliphatic rings. The van der Waals surface area contributed by atoms with Gasteiger partial charge in [0.15, 0.2) is 5.58 Å². The van der Waals surface area contributed by atoms with E-state index in [1.54, 1.807) is 6.07 Å². The number of carbonyl (C=O) groups is 1. The summed E-state index contributed by atoms with van der Waals surface area (Å²) < 4.78 is 12.2. The third-order valence-corrected chi connectivity index (χ3v) is 4.79. The van der Waals surface area contributed by atoms with E-state index in [0.29, 0.717) is 11.1 Å². The maximum absolute atomic E-state index is 12.5. The van der Waals surface area contributed by atoms with Crippen molar-refractivity contribution in [1.82, 2.24) is 4.57 Å². The minimum absolute atomic E-state index is 0.154. The molecule has 0 spiro atoms. The molecule has 3 aromatic rings. The van der Waals surface area contributed by atoms with Crippen molar-refractivity contribution in [1.29, 1.82) is 0 Å². The van der Waals surface area contributed by atoms with Crippen molar-refractivity contribution in [3.05, 3.63) is 70.2 Å². The van der Waals surface area contributed by atoms with Gasteiger partial charge in [-0.2, -0.15) is 0 Å². The molecule has 25 heavy (non-hydrogen) atoms. The molecule has 4 rings (SSSR count). The first-order valence-corrected chi connectivity index (χ1v) is 8.57. The topological polar surface area (TPSA) is 61.4 Å². The molecule has 1 aliphatic carbocycles. The molecule has 128 valence electrons. The van der Waals surface area contributed by atoms with E-state index in [1.165, 1.54) is 10.1 Å². The van der Waals surface area contributed by atoms with Gasteiger partial charge in [-0.3, -0.25) is 9.36 Å². The normalized spacial score (nSPS) is 16.6. The number of para-hydroxylation sites is 2. The standard InChI is InChI=1S/C20H19NO4/c22-19(16-9-5-7-14-6-1-2-8-15(14)16)24-13-12-21-17-10-3-4-11-18(17)25-20(21)23/h1-4,6,8,10-11,16H,5,7,9,12-13H2. The highest BCUT2D eigenvalue weighted by atomic mass is 16.5. The lowest BCUT2D eigenvalue weighted by molar-refractivity contribution is -0.146. The molecular formula is C20H19NO4. The van der Waals surface area contributed by atoms with Crippen molar-refractivity contribution in [2.75, 3.05) is 6.61 Å². The Bertz CT molecular complexity index is 969. The zero-order valence-corrected chi connectivity index (χ0v) is 13.8. The van der Waals surface area contributed by atoms with Crippen LogP contribution in [0.25, 0.3) is 11.1 Å². The predicted octanol–water partition coefficient (Wildman–Crippen LogP) is 3.26. The van der Waals surface area contributed by atoms with E-state index < -0.39 is 5.76 Å². The second-order valence-electron chi connectivity index (χ2n) is 6.30. The summed E-state index contributed by atoms with van der Waals surface area (Å²) in [5, 5.41) is 0. The lowest BCUT2D eigenvalue weighted by Crippen LogP contribution is -2.24. The molecule has 1 unspecified atom stereocenters. The predicted molar refractivity (Wildman–Crippen MR) is 93.6 cm³/mol. The van der Waals surface area contributed by atoms with Crippen molar-refractivity contribution in [3.8, 4) is 0 Å². The highest BCUT2D eigenvalue weighted by Crippen LogP contribution is 2.32. The van der Waals surface area contributed by atoms with E-state index >= 15 is 0 Å². The van der Waals surface area contributed by atoms with Gasteiger partial charge in [-0.25, -0.2) is 4.79 Å². The largest absolute Gasteiger partial charge is 0.463 e. The van der Waals surface area contributed by atoms with Crippen LogP contribution in [-0.2, 0) is 22.5 Å². The van der Waals surface area contributed by atoms with Crippen LogP contribution < -0.4 is 5.76 Å². The average molecular weight is 337 g/mol. The zero-order chi connectivity index (χ0) is 17.2. The number of carbonyl (C=O) groups excluding carboxylic acids is 1. The summed E-state index contributed by atoms with van der Waals surface area (Å²) >= 11 is 0. The van der Waals surface area contributed by atoms with Gasteiger partial charge in [0.2, 0.25) is 0 Å². The Morgan fingerprint density at radius 3 is 2.88 bits per heavy atom. The van der Waals surface area contributed by atoms with Gasteiger partial charge < -0.3 is 9.15 Å². The van der Waals surface area contributed by atoms with Gasteiger partial charge in [-0.05, 0) is 42.5 Å². The van der Waals surface area contributed by atoms with Crippen LogP contribution in [0.5, 0.6) is 0 Å². The van der Waals surface area contributed by atoms with Crippen molar-refractivity contribution >= 4 is 17.1 Å². The highest BCUT2D eigenvalue weighted by Gasteiger charge is 2.27. The molecule has 1 heterocycles. The smallest absolute Gasteiger partial charge is 0.420 e. The van der Waals surface area contributed by atoms with Gasteiger partial charge in [0.05, 0.1) is 18.0 Å². The molecule has 2 aromatic carbocycles. The molecular weight excluding hydrogens is 318 g/mol. The number of rotatable bonds is 4. The van der Waals surface area contributed by atoms with Gasteiger partial charge in [0, 0.05) is 0 Å². The van der Waals surface area contributed by atoms with Gasteiger partial charge in [-0.15, -0.1) is 0 Å². The summed E-state index contributed by atoms with van der Waals surface area (Å²) in [5.41, 5.74) is 3.56. The van der Waals surface area contributed by atoms with Crippen LogP contribution in [0.1, 0.15) is 29.9 Å². The summed E-state index contributed by atoms with van der Waals surface area (Å²) in [6.07, 6.45) is 2.81. The highest BCUT2D eigenvalue weighted by molar-refractivity contribution is 5.79. The first-order valence-electron chi connectivity index (χ1n) is 8.57. The molecule has 5 nitrogen and oxygen atoms in total. The third kappa shape index (κ3) is 2.97. The molecule has 0 saturated carbocycles. The fraction of sp³-hybridized carbons (Fsp3) is 0.300. The number of nitrogens with zero attached hydrogens (tertiary/aromatic N) is 1. The van der Waals surface area contributed by atoms with E-state index in [9.17, 15) is 9.59 Å². The number of hydrogen-bond donors (Lipinski definition) is 0. The number of esters is 1. The molecule has 0 N–H and O–H groups in total. The Labute approximate surface area is 144 Å². The average Bonchev–Trinajstić information content (AvgIpc) is 2.96. The third-order valence-electron chi connectivity index (χ3n) is 4.79. The number of aryl methyl sites for hydroxylation is 1. The van der Waals surface area contributed by atoms with Crippen LogP contribution in [0, 0.1) is 0 Å². The Balaban J connectivity index is 1.45. The first-order chi connectivity index (χ1) is 12.2. The molecule has 1 aromatic heterocycles. The van der Waals surface area contributed by atoms with Crippen LogP contribution in [0.3, 0.4) is 0 Å². The maximum Gasteiger partial charge on any atom is 0.420 e. The minimum Gasteiger partial charge on any atom is -0.463 e. The summed E-state index contributed by atoms with van der Waals surface area (Å²) in [7, 11) is 0. The van der Waals surface area contributed by atoms with Crippen molar-refractivity contribution in [2.24, 2.45) is 0 Å². The van der Waals surface area contributed by atoms with E-state index in [0.717, 1.165) is 24.8 Å². The van der Waals surface area contributed by atoms with Crippen molar-refractivity contribution < 1.29 is 13.9 Å². The first kappa shape index (κ1) is 15.7. The number of fused-ring (bicyclic) bond motifs is 2. The molecule has 0 radical (unpaired) electrons. The summed E-state index contributed by atoms with van der Waals surface area (Å²) in [5.74, 6) is -0.851. The molecule has 0 saturated heterocycles. The Kier molecular flexibility index (Phi) is 4.14. The minimum atomic E-state index is -0.430. The van der Waals surface area contributed by atoms with E-state index in [2.05, 4.69) is 6.07 Å². The summed E-state index contributed by atoms with van der Waals surface area (Å²) in [4.78, 5) is 24.4. The van der Waals surface area contributed by atoms with Gasteiger partial charge in [0.1, 0.15) is 6.61 Å². The molecule has 5 heteroatoms. The Morgan fingerprint density at radius 1 is 1.16 bits per heavy atom. The number of oxazole rings is 1. The number of benzene rings is 2. The van der Waals surface area contributed by atoms with Crippen molar-refractivity contribution in [2.45, 2.75) is 31.7 Å². The SMILES string of the molecule is O=C(OCCn1c(=O)oc2ccccc21)C1CCCc2ccccc21. The number of hydrogen-bond acceptors (Lipinski definition) is 4. The zero-order valence-electron chi connectivity index (χ0n) is 13.8. The van der Waals surface area contributed by atoms with Crippen LogP contribution >= 0.6 is 0 Å². The quantitative estimate of drug-likeness (QED) is 0.686. The van der Waals surface area contributed by atoms with Gasteiger partial charge in [0.25, 0.3) is 0 Å². The second kappa shape index (κ2) is 6.59. The van der Waals surface area contributed by atoms with E-state index in [1.807, 2.05) is 36.4 Å². The second-order valence-corrected chi connectivity index (χ2v) is 6.30. The molecule has 0 fully saturated rings. The molecule has 1 atom stereocenters. The fourth-order valence-electron chi connectivity index (χ4n) is 3.56. The van der Waals surface area contributed by atoms with Gasteiger partial charge in [-0.1, -0.05) is 36.4 Å². The van der Waals surface area contributed by atoms with E-state index in [-0.39, 0.29) is 25.0 Å². The lowest BCUT2D eigenvalue weighted by atomic mass is 9.83. The molecule has 0 aliphatic heterocycles. The fourth-order valence-corrected chi connectivity index (χ4v) is 3.56. The van der Waals surface area contributed by atoms with Crippen molar-refractivity contribution in [3.63, 3.8) is 0 Å². The molecule has 0 amide bonds. The van der Waals surface area contributed by atoms with Crippen LogP contribution in [0.2, 0.25) is 0 Å².